The van der Waals surface area contributed by atoms with Crippen LogP contribution in [0.1, 0.15) is 6.92 Å². The third kappa shape index (κ3) is 4.15. The van der Waals surface area contributed by atoms with Crippen LogP contribution >= 0.6 is 0 Å². The molecule has 1 fully saturated rings. The van der Waals surface area contributed by atoms with Gasteiger partial charge in [0, 0.05) is 32.2 Å². The van der Waals surface area contributed by atoms with Crippen LogP contribution in [-0.2, 0) is 4.79 Å². The standard InChI is InChI=1S/C10H21N3O2/c1-9(8-14)11-7-10(15)13-5-3-12(2)4-6-13/h9,11,14H,3-8H2,1-2H3. The average Bonchev–Trinajstić information content (AvgIpc) is 2.26. The lowest BCUT2D eigenvalue weighted by atomic mass is 10.3. The summed E-state index contributed by atoms with van der Waals surface area (Å²) in [6.45, 7) is 5.76. The van der Waals surface area contributed by atoms with Crippen LogP contribution < -0.4 is 5.32 Å². The molecule has 1 heterocycles. The molecule has 1 rings (SSSR count). The Morgan fingerprint density at radius 2 is 2.00 bits per heavy atom. The zero-order valence-electron chi connectivity index (χ0n) is 9.57. The van der Waals surface area contributed by atoms with Gasteiger partial charge in [-0.1, -0.05) is 0 Å². The molecular formula is C10H21N3O2. The summed E-state index contributed by atoms with van der Waals surface area (Å²) in [6, 6.07) is -0.0126. The SMILES string of the molecule is CC(CO)NCC(=O)N1CCN(C)CC1. The number of nitrogens with one attached hydrogen (secondary N) is 1. The fourth-order valence-electron chi connectivity index (χ4n) is 1.49. The van der Waals surface area contributed by atoms with E-state index in [9.17, 15) is 4.79 Å². The highest BCUT2D eigenvalue weighted by Gasteiger charge is 2.18. The molecule has 5 heteroatoms. The Morgan fingerprint density at radius 1 is 1.40 bits per heavy atom. The minimum Gasteiger partial charge on any atom is -0.395 e. The number of aliphatic hydroxyl groups excluding tert-OH is 1. The summed E-state index contributed by atoms with van der Waals surface area (Å²) < 4.78 is 0. The van der Waals surface area contributed by atoms with Crippen molar-refractivity contribution >= 4 is 5.91 Å². The fraction of sp³-hybridized carbons (Fsp3) is 0.900. The molecule has 0 radical (unpaired) electrons. The second-order valence-corrected chi connectivity index (χ2v) is 4.15. The smallest absolute Gasteiger partial charge is 0.236 e. The van der Waals surface area contributed by atoms with Gasteiger partial charge in [-0.15, -0.1) is 0 Å². The van der Waals surface area contributed by atoms with E-state index in [1.165, 1.54) is 0 Å². The first-order valence-corrected chi connectivity index (χ1v) is 5.44. The molecule has 0 aliphatic carbocycles. The monoisotopic (exact) mass is 215 g/mol. The number of carbonyl (C=O) groups excluding carboxylic acids is 1. The Kier molecular flexibility index (Phi) is 5.01. The second-order valence-electron chi connectivity index (χ2n) is 4.15. The molecule has 5 nitrogen and oxygen atoms in total. The molecule has 0 saturated carbocycles. The first kappa shape index (κ1) is 12.4. The lowest BCUT2D eigenvalue weighted by Gasteiger charge is -2.32. The summed E-state index contributed by atoms with van der Waals surface area (Å²) >= 11 is 0. The largest absolute Gasteiger partial charge is 0.395 e. The van der Waals surface area contributed by atoms with Crippen LogP contribution in [0.5, 0.6) is 0 Å². The van der Waals surface area contributed by atoms with Crippen molar-refractivity contribution < 1.29 is 9.90 Å². The van der Waals surface area contributed by atoms with Crippen LogP contribution in [0, 0.1) is 0 Å². The van der Waals surface area contributed by atoms with Crippen molar-refractivity contribution in [1.82, 2.24) is 15.1 Å². The van der Waals surface area contributed by atoms with Crippen LogP contribution in [-0.4, -0.2) is 73.2 Å². The van der Waals surface area contributed by atoms with E-state index in [0.717, 1.165) is 26.2 Å². The molecule has 2 N–H and O–H groups in total. The lowest BCUT2D eigenvalue weighted by molar-refractivity contribution is -0.131. The predicted molar refractivity (Wildman–Crippen MR) is 58.6 cm³/mol. The third-order valence-corrected chi connectivity index (χ3v) is 2.73. The number of piperazine rings is 1. The van der Waals surface area contributed by atoms with E-state index in [4.69, 9.17) is 5.11 Å². The number of carbonyl (C=O) groups is 1. The molecule has 1 saturated heterocycles. The summed E-state index contributed by atoms with van der Waals surface area (Å²) in [6.07, 6.45) is 0. The van der Waals surface area contributed by atoms with E-state index in [0.29, 0.717) is 6.54 Å². The first-order valence-electron chi connectivity index (χ1n) is 5.44. The van der Waals surface area contributed by atoms with Gasteiger partial charge in [0.05, 0.1) is 13.2 Å². The Balaban J connectivity index is 2.22. The number of hydrogen-bond donors (Lipinski definition) is 2. The summed E-state index contributed by atoms with van der Waals surface area (Å²) in [4.78, 5) is 15.8. The minimum atomic E-state index is -0.0126. The van der Waals surface area contributed by atoms with Crippen molar-refractivity contribution in [3.63, 3.8) is 0 Å². The maximum Gasteiger partial charge on any atom is 0.236 e. The minimum absolute atomic E-state index is 0.0126. The highest BCUT2D eigenvalue weighted by atomic mass is 16.3. The second kappa shape index (κ2) is 6.05. The lowest BCUT2D eigenvalue weighted by Crippen LogP contribution is -2.50. The zero-order chi connectivity index (χ0) is 11.3. The molecule has 0 bridgehead atoms. The normalized spacial score (nSPS) is 20.3. The van der Waals surface area contributed by atoms with Crippen molar-refractivity contribution in [1.29, 1.82) is 0 Å². The molecule has 1 aliphatic rings. The molecular weight excluding hydrogens is 194 g/mol. The average molecular weight is 215 g/mol. The van der Waals surface area contributed by atoms with E-state index >= 15 is 0 Å². The molecule has 1 amide bonds. The van der Waals surface area contributed by atoms with E-state index in [1.807, 2.05) is 11.8 Å². The molecule has 0 aromatic rings. The number of likely N-dealkylation sites (N-methyl/N-ethyl adjacent to an activating group) is 1. The number of hydrogen-bond acceptors (Lipinski definition) is 4. The van der Waals surface area contributed by atoms with E-state index in [1.54, 1.807) is 0 Å². The maximum atomic E-state index is 11.7. The molecule has 1 aliphatic heterocycles. The number of amides is 1. The van der Waals surface area contributed by atoms with Crippen molar-refractivity contribution in [2.45, 2.75) is 13.0 Å². The van der Waals surface area contributed by atoms with Gasteiger partial charge >= 0.3 is 0 Å². The van der Waals surface area contributed by atoms with Gasteiger partial charge in [0.2, 0.25) is 5.91 Å². The highest BCUT2D eigenvalue weighted by molar-refractivity contribution is 5.78. The van der Waals surface area contributed by atoms with Gasteiger partial charge in [-0.25, -0.2) is 0 Å². The number of nitrogens with zero attached hydrogens (tertiary/aromatic N) is 2. The zero-order valence-corrected chi connectivity index (χ0v) is 9.57. The topological polar surface area (TPSA) is 55.8 Å². The molecule has 0 spiro atoms. The van der Waals surface area contributed by atoms with Crippen LogP contribution in [0.3, 0.4) is 0 Å². The molecule has 0 aromatic heterocycles. The van der Waals surface area contributed by atoms with Gasteiger partial charge in [-0.3, -0.25) is 4.79 Å². The van der Waals surface area contributed by atoms with Crippen LogP contribution in [0.2, 0.25) is 0 Å². The molecule has 1 unspecified atom stereocenters. The quantitative estimate of drug-likeness (QED) is 0.614. The van der Waals surface area contributed by atoms with Crippen molar-refractivity contribution in [3.8, 4) is 0 Å². The Labute approximate surface area is 91.0 Å². The van der Waals surface area contributed by atoms with E-state index in [2.05, 4.69) is 17.3 Å². The van der Waals surface area contributed by atoms with Gasteiger partial charge in [-0.05, 0) is 14.0 Å². The van der Waals surface area contributed by atoms with Crippen LogP contribution in [0.25, 0.3) is 0 Å². The number of rotatable bonds is 4. The molecule has 15 heavy (non-hydrogen) atoms. The van der Waals surface area contributed by atoms with Crippen molar-refractivity contribution in [2.75, 3.05) is 46.4 Å². The van der Waals surface area contributed by atoms with Crippen LogP contribution in [0.4, 0.5) is 0 Å². The summed E-state index contributed by atoms with van der Waals surface area (Å²) in [5.41, 5.74) is 0. The van der Waals surface area contributed by atoms with Crippen molar-refractivity contribution in [3.05, 3.63) is 0 Å². The van der Waals surface area contributed by atoms with Gasteiger partial charge < -0.3 is 20.2 Å². The molecule has 88 valence electrons. The Hall–Kier alpha value is -0.650. The van der Waals surface area contributed by atoms with Gasteiger partial charge in [0.15, 0.2) is 0 Å². The van der Waals surface area contributed by atoms with Crippen LogP contribution in [0.15, 0.2) is 0 Å². The number of aliphatic hydroxyl groups is 1. The van der Waals surface area contributed by atoms with Gasteiger partial charge in [-0.2, -0.15) is 0 Å². The molecule has 0 aromatic carbocycles. The van der Waals surface area contributed by atoms with E-state index in [-0.39, 0.29) is 18.6 Å². The van der Waals surface area contributed by atoms with Crippen molar-refractivity contribution in [2.24, 2.45) is 0 Å². The summed E-state index contributed by atoms with van der Waals surface area (Å²) in [7, 11) is 2.06. The van der Waals surface area contributed by atoms with Gasteiger partial charge in [0.25, 0.3) is 0 Å². The Morgan fingerprint density at radius 3 is 2.53 bits per heavy atom. The summed E-state index contributed by atoms with van der Waals surface area (Å²) in [5, 5.41) is 11.8. The molecule has 1 atom stereocenters. The first-order chi connectivity index (χ1) is 7.13. The predicted octanol–water partition coefficient (Wildman–Crippen LogP) is -1.27. The fourth-order valence-corrected chi connectivity index (χ4v) is 1.49. The van der Waals surface area contributed by atoms with E-state index < -0.39 is 0 Å². The maximum absolute atomic E-state index is 11.7. The van der Waals surface area contributed by atoms with Gasteiger partial charge in [0.1, 0.15) is 0 Å². The highest BCUT2D eigenvalue weighted by Crippen LogP contribution is 1.99. The summed E-state index contributed by atoms with van der Waals surface area (Å²) in [5.74, 6) is 0.128. The third-order valence-electron chi connectivity index (χ3n) is 2.73. The Bertz CT molecular complexity index is 203.